The number of hydrogen-bond donors (Lipinski definition) is 1. The Morgan fingerprint density at radius 2 is 1.96 bits per heavy atom. The molecular weight excluding hydrogens is 308 g/mol. The third kappa shape index (κ3) is 4.08. The van der Waals surface area contributed by atoms with Crippen molar-refractivity contribution in [2.24, 2.45) is 5.41 Å². The van der Waals surface area contributed by atoms with E-state index in [2.05, 4.69) is 12.3 Å². The summed E-state index contributed by atoms with van der Waals surface area (Å²) in [4.78, 5) is 25.1. The van der Waals surface area contributed by atoms with Crippen LogP contribution < -0.4 is 5.43 Å². The van der Waals surface area contributed by atoms with Gasteiger partial charge in [-0.1, -0.05) is 62.6 Å². The molecule has 1 saturated heterocycles. The van der Waals surface area contributed by atoms with E-state index in [9.17, 15) is 9.59 Å². The SMILES string of the molecule is CCCCCCC1(C)C(=O)N(NC(C)=O)C1Sc1ccccc1. The molecule has 1 fully saturated rings. The lowest BCUT2D eigenvalue weighted by molar-refractivity contribution is -0.172. The molecule has 0 radical (unpaired) electrons. The van der Waals surface area contributed by atoms with Crippen molar-refractivity contribution in [3.05, 3.63) is 30.3 Å². The van der Waals surface area contributed by atoms with Gasteiger partial charge in [-0.25, -0.2) is 5.01 Å². The molecule has 0 aromatic heterocycles. The van der Waals surface area contributed by atoms with Gasteiger partial charge < -0.3 is 0 Å². The van der Waals surface area contributed by atoms with E-state index < -0.39 is 5.41 Å². The fraction of sp³-hybridized carbons (Fsp3) is 0.556. The van der Waals surface area contributed by atoms with Crippen LogP contribution in [0.5, 0.6) is 0 Å². The first kappa shape index (κ1) is 17.9. The van der Waals surface area contributed by atoms with Crippen LogP contribution >= 0.6 is 11.8 Å². The van der Waals surface area contributed by atoms with Crippen molar-refractivity contribution < 1.29 is 9.59 Å². The van der Waals surface area contributed by atoms with E-state index in [-0.39, 0.29) is 17.2 Å². The minimum atomic E-state index is -0.406. The number of unbranched alkanes of at least 4 members (excludes halogenated alkanes) is 3. The van der Waals surface area contributed by atoms with Crippen LogP contribution in [-0.4, -0.2) is 22.2 Å². The van der Waals surface area contributed by atoms with E-state index in [0.717, 1.165) is 24.2 Å². The predicted octanol–water partition coefficient (Wildman–Crippen LogP) is 3.97. The first-order chi connectivity index (χ1) is 11.0. The fourth-order valence-electron chi connectivity index (χ4n) is 2.95. The lowest BCUT2D eigenvalue weighted by atomic mass is 9.77. The molecule has 126 valence electrons. The Morgan fingerprint density at radius 3 is 2.57 bits per heavy atom. The molecular formula is C18H26N2O2S. The molecule has 1 aromatic carbocycles. The lowest BCUT2D eigenvalue weighted by Crippen LogP contribution is -2.71. The van der Waals surface area contributed by atoms with E-state index in [1.54, 1.807) is 11.8 Å². The summed E-state index contributed by atoms with van der Waals surface area (Å²) in [6.07, 6.45) is 5.46. The second kappa shape index (κ2) is 7.86. The maximum absolute atomic E-state index is 12.6. The third-order valence-electron chi connectivity index (χ3n) is 4.31. The van der Waals surface area contributed by atoms with E-state index in [0.29, 0.717) is 0 Å². The quantitative estimate of drug-likeness (QED) is 0.578. The van der Waals surface area contributed by atoms with E-state index in [1.807, 2.05) is 37.3 Å². The van der Waals surface area contributed by atoms with Gasteiger partial charge in [0.25, 0.3) is 5.91 Å². The number of nitrogens with one attached hydrogen (secondary N) is 1. The summed E-state index contributed by atoms with van der Waals surface area (Å²) in [5.41, 5.74) is 2.27. The van der Waals surface area contributed by atoms with Gasteiger partial charge in [0.1, 0.15) is 5.37 Å². The zero-order valence-electron chi connectivity index (χ0n) is 14.2. The number of carbonyl (C=O) groups is 2. The van der Waals surface area contributed by atoms with Crippen LogP contribution in [0, 0.1) is 5.41 Å². The van der Waals surface area contributed by atoms with Crippen LogP contribution in [0.3, 0.4) is 0 Å². The molecule has 0 spiro atoms. The Hall–Kier alpha value is -1.49. The summed E-state index contributed by atoms with van der Waals surface area (Å²) in [7, 11) is 0. The summed E-state index contributed by atoms with van der Waals surface area (Å²) in [5, 5.41) is 1.45. The molecule has 5 heteroatoms. The van der Waals surface area contributed by atoms with E-state index >= 15 is 0 Å². The van der Waals surface area contributed by atoms with Gasteiger partial charge >= 0.3 is 0 Å². The van der Waals surface area contributed by atoms with Crippen molar-refractivity contribution >= 4 is 23.6 Å². The van der Waals surface area contributed by atoms with Crippen LogP contribution in [0.15, 0.2) is 35.2 Å². The van der Waals surface area contributed by atoms with Crippen LogP contribution in [0.2, 0.25) is 0 Å². The summed E-state index contributed by atoms with van der Waals surface area (Å²) in [6, 6.07) is 10.0. The van der Waals surface area contributed by atoms with Crippen molar-refractivity contribution in [3.63, 3.8) is 0 Å². The number of thioether (sulfide) groups is 1. The molecule has 1 heterocycles. The first-order valence-electron chi connectivity index (χ1n) is 8.31. The van der Waals surface area contributed by atoms with Gasteiger partial charge in [-0.15, -0.1) is 0 Å². The van der Waals surface area contributed by atoms with Gasteiger partial charge in [-0.05, 0) is 25.5 Å². The molecule has 0 saturated carbocycles. The number of β-lactam (4-membered cyclic amide) rings is 1. The van der Waals surface area contributed by atoms with Crippen LogP contribution in [0.25, 0.3) is 0 Å². The number of rotatable bonds is 8. The maximum atomic E-state index is 12.6. The average Bonchev–Trinajstić information content (AvgIpc) is 2.55. The summed E-state index contributed by atoms with van der Waals surface area (Å²) in [5.74, 6) is -0.178. The molecule has 2 amide bonds. The zero-order valence-corrected chi connectivity index (χ0v) is 15.0. The number of hydrazine groups is 1. The highest BCUT2D eigenvalue weighted by Crippen LogP contribution is 2.49. The Labute approximate surface area is 143 Å². The Kier molecular flexibility index (Phi) is 6.10. The number of benzene rings is 1. The van der Waals surface area contributed by atoms with Gasteiger partial charge in [0.05, 0.1) is 5.41 Å². The lowest BCUT2D eigenvalue weighted by Gasteiger charge is -2.53. The van der Waals surface area contributed by atoms with E-state index in [4.69, 9.17) is 0 Å². The van der Waals surface area contributed by atoms with Crippen molar-refractivity contribution in [1.82, 2.24) is 10.4 Å². The molecule has 2 unspecified atom stereocenters. The molecule has 0 aliphatic carbocycles. The van der Waals surface area contributed by atoms with Gasteiger partial charge in [0.15, 0.2) is 0 Å². The zero-order chi connectivity index (χ0) is 16.9. The van der Waals surface area contributed by atoms with Crippen molar-refractivity contribution in [2.75, 3.05) is 0 Å². The van der Waals surface area contributed by atoms with Crippen LogP contribution in [0.1, 0.15) is 52.9 Å². The standard InChI is InChI=1S/C18H26N2O2S/c1-4-5-6-10-13-18(3)16(22)20(19-14(2)21)17(18)23-15-11-8-7-9-12-15/h7-9,11-12,17H,4-6,10,13H2,1-3H3,(H,19,21). The first-order valence-corrected chi connectivity index (χ1v) is 9.19. The average molecular weight is 334 g/mol. The number of nitrogens with zero attached hydrogens (tertiary/aromatic N) is 1. The summed E-state index contributed by atoms with van der Waals surface area (Å²) < 4.78 is 0. The topological polar surface area (TPSA) is 49.4 Å². The van der Waals surface area contributed by atoms with E-state index in [1.165, 1.54) is 24.8 Å². The molecule has 1 aliphatic rings. The number of hydrogen-bond acceptors (Lipinski definition) is 3. The van der Waals surface area contributed by atoms with Gasteiger partial charge in [0, 0.05) is 11.8 Å². The highest BCUT2D eigenvalue weighted by Gasteiger charge is 2.58. The molecule has 2 rings (SSSR count). The Balaban J connectivity index is 2.08. The highest BCUT2D eigenvalue weighted by atomic mass is 32.2. The molecule has 1 aliphatic heterocycles. The second-order valence-corrected chi connectivity index (χ2v) is 7.51. The van der Waals surface area contributed by atoms with Gasteiger partial charge in [-0.3, -0.25) is 15.0 Å². The van der Waals surface area contributed by atoms with Crippen molar-refractivity contribution in [1.29, 1.82) is 0 Å². The Bertz CT molecular complexity index is 549. The Morgan fingerprint density at radius 1 is 1.26 bits per heavy atom. The number of carbonyl (C=O) groups excluding carboxylic acids is 2. The summed E-state index contributed by atoms with van der Waals surface area (Å²) >= 11 is 1.65. The van der Waals surface area contributed by atoms with Crippen LogP contribution in [0.4, 0.5) is 0 Å². The van der Waals surface area contributed by atoms with Gasteiger partial charge in [0.2, 0.25) is 5.91 Å². The van der Waals surface area contributed by atoms with Crippen molar-refractivity contribution in [3.8, 4) is 0 Å². The highest BCUT2D eigenvalue weighted by molar-refractivity contribution is 8.00. The molecule has 4 nitrogen and oxygen atoms in total. The molecule has 2 atom stereocenters. The molecule has 23 heavy (non-hydrogen) atoms. The van der Waals surface area contributed by atoms with Gasteiger partial charge in [-0.2, -0.15) is 0 Å². The largest absolute Gasteiger partial charge is 0.274 e. The maximum Gasteiger partial charge on any atom is 0.251 e. The monoisotopic (exact) mass is 334 g/mol. The fourth-order valence-corrected chi connectivity index (χ4v) is 4.25. The minimum absolute atomic E-state index is 0.0256. The summed E-state index contributed by atoms with van der Waals surface area (Å²) in [6.45, 7) is 5.65. The molecule has 1 aromatic rings. The second-order valence-electron chi connectivity index (χ2n) is 6.35. The normalized spacial score (nSPS) is 23.5. The molecule has 0 bridgehead atoms. The van der Waals surface area contributed by atoms with Crippen molar-refractivity contribution in [2.45, 2.75) is 63.1 Å². The third-order valence-corrected chi connectivity index (χ3v) is 5.80. The minimum Gasteiger partial charge on any atom is -0.274 e. The molecule has 1 N–H and O–H groups in total. The number of amides is 2. The van der Waals surface area contributed by atoms with Crippen LogP contribution in [-0.2, 0) is 9.59 Å². The smallest absolute Gasteiger partial charge is 0.251 e. The predicted molar refractivity (Wildman–Crippen MR) is 93.6 cm³/mol.